The lowest BCUT2D eigenvalue weighted by molar-refractivity contribution is -0.114. The highest BCUT2D eigenvalue weighted by Crippen LogP contribution is 2.32. The monoisotopic (exact) mass is 1090 g/mol. The minimum Gasteiger partial charge on any atom is -0.383 e. The van der Waals surface area contributed by atoms with Crippen LogP contribution < -0.4 is 11.1 Å². The summed E-state index contributed by atoms with van der Waals surface area (Å²) in [6, 6.07) is 37.8. The number of pyridine rings is 4. The molecular formula is C63H53F4N11O3. The van der Waals surface area contributed by atoms with Crippen LogP contribution >= 0.6 is 0 Å². The minimum atomic E-state index is -0.358. The molecule has 18 heteroatoms. The second kappa shape index (κ2) is 30.3. The van der Waals surface area contributed by atoms with Gasteiger partial charge in [0.2, 0.25) is 17.8 Å². The van der Waals surface area contributed by atoms with Gasteiger partial charge in [0.15, 0.2) is 11.6 Å². The first-order valence-electron chi connectivity index (χ1n) is 24.6. The third-order valence-electron chi connectivity index (χ3n) is 11.1. The van der Waals surface area contributed by atoms with E-state index < -0.39 is 0 Å². The van der Waals surface area contributed by atoms with Gasteiger partial charge < -0.3 is 10.6 Å². The fraction of sp³-hybridized carbons (Fsp3) is 0.0635. The molecule has 0 saturated heterocycles. The summed E-state index contributed by atoms with van der Waals surface area (Å²) in [6.45, 7) is 7.39. The van der Waals surface area contributed by atoms with E-state index in [1.807, 2.05) is 38.4 Å². The Morgan fingerprint density at radius 2 is 0.901 bits per heavy atom. The van der Waals surface area contributed by atoms with Gasteiger partial charge in [0, 0.05) is 135 Å². The first-order valence-corrected chi connectivity index (χ1v) is 24.6. The molecule has 14 nitrogen and oxygen atoms in total. The molecule has 1 amide bonds. The molecule has 0 aliphatic carbocycles. The molecule has 0 atom stereocenters. The topological polar surface area (TPSA) is 196 Å². The summed E-state index contributed by atoms with van der Waals surface area (Å²) in [6.07, 6.45) is 18.7. The van der Waals surface area contributed by atoms with E-state index in [4.69, 9.17) is 5.73 Å². The Bertz CT molecular complexity index is 3640. The van der Waals surface area contributed by atoms with Crippen LogP contribution in [0.25, 0.3) is 50.3 Å². The smallest absolute Gasteiger partial charge is 0.229 e. The number of rotatable bonds is 12. The molecule has 3 N–H and O–H groups in total. The van der Waals surface area contributed by atoms with Gasteiger partial charge in [-0.2, -0.15) is 0 Å². The number of anilines is 2. The number of nitrogens with zero attached hydrogens (tertiary/aromatic N) is 9. The molecule has 0 bridgehead atoms. The lowest BCUT2D eigenvalue weighted by Crippen LogP contribution is -2.10. The molecule has 6 aromatic heterocycles. The molecule has 10 rings (SSSR count). The second-order valence-electron chi connectivity index (χ2n) is 17.2. The van der Waals surface area contributed by atoms with Crippen LogP contribution in [0.3, 0.4) is 0 Å². The largest absolute Gasteiger partial charge is 0.383 e. The highest BCUT2D eigenvalue weighted by molar-refractivity contribution is 6.28. The van der Waals surface area contributed by atoms with Crippen LogP contribution in [0.1, 0.15) is 38.8 Å². The number of benzene rings is 4. The number of carbonyl (C=O) groups excluding carboxylic acids is 3. The Kier molecular flexibility index (Phi) is 22.2. The van der Waals surface area contributed by atoms with E-state index in [9.17, 15) is 31.9 Å². The highest BCUT2D eigenvalue weighted by Gasteiger charge is 2.16. The van der Waals surface area contributed by atoms with Gasteiger partial charge in [0.1, 0.15) is 23.3 Å². The Morgan fingerprint density at radius 1 is 0.506 bits per heavy atom. The van der Waals surface area contributed by atoms with E-state index in [1.165, 1.54) is 79.7 Å². The maximum Gasteiger partial charge on any atom is 0.229 e. The van der Waals surface area contributed by atoms with E-state index in [-0.39, 0.29) is 52.6 Å². The zero-order chi connectivity index (χ0) is 58.1. The number of hydrogen-bond acceptors (Lipinski definition) is 13. The Hall–Kier alpha value is -10.8. The molecule has 0 saturated carbocycles. The fourth-order valence-corrected chi connectivity index (χ4v) is 7.37. The molecular weight excluding hydrogens is 1030 g/mol. The van der Waals surface area contributed by atoms with Crippen molar-refractivity contribution in [3.63, 3.8) is 0 Å². The lowest BCUT2D eigenvalue weighted by atomic mass is 9.98. The van der Waals surface area contributed by atoms with Crippen molar-refractivity contribution >= 4 is 34.9 Å². The van der Waals surface area contributed by atoms with Gasteiger partial charge in [-0.05, 0) is 168 Å². The van der Waals surface area contributed by atoms with Crippen molar-refractivity contribution in [3.8, 4) is 44.8 Å². The van der Waals surface area contributed by atoms with E-state index in [0.717, 1.165) is 44.5 Å². The quantitative estimate of drug-likeness (QED) is 0.0508. The molecule has 4 aromatic carbocycles. The van der Waals surface area contributed by atoms with Gasteiger partial charge in [0.25, 0.3) is 0 Å². The van der Waals surface area contributed by atoms with Crippen LogP contribution in [0.5, 0.6) is 0 Å². The number of hydrogen-bond donors (Lipinski definition) is 2. The molecule has 81 heavy (non-hydrogen) atoms. The molecule has 0 aliphatic rings. The maximum atomic E-state index is 13.2. The van der Waals surface area contributed by atoms with Gasteiger partial charge in [0.05, 0.1) is 11.4 Å². The molecule has 0 aliphatic heterocycles. The summed E-state index contributed by atoms with van der Waals surface area (Å²) >= 11 is 0. The van der Waals surface area contributed by atoms with Gasteiger partial charge >= 0.3 is 0 Å². The summed E-state index contributed by atoms with van der Waals surface area (Å²) in [4.78, 5) is 70.0. The number of ketones is 2. The summed E-state index contributed by atoms with van der Waals surface area (Å²) < 4.78 is 51.8. The van der Waals surface area contributed by atoms with Crippen LogP contribution in [0.4, 0.5) is 29.5 Å². The highest BCUT2D eigenvalue weighted by atomic mass is 19.1. The van der Waals surface area contributed by atoms with E-state index in [0.29, 0.717) is 34.5 Å². The molecule has 0 spiro atoms. The molecule has 0 fully saturated rings. The van der Waals surface area contributed by atoms with Gasteiger partial charge in [-0.1, -0.05) is 0 Å². The summed E-state index contributed by atoms with van der Waals surface area (Å²) in [5, 5.41) is 2.56. The van der Waals surface area contributed by atoms with E-state index in [1.54, 1.807) is 122 Å². The van der Waals surface area contributed by atoms with Crippen molar-refractivity contribution in [2.24, 2.45) is 0 Å². The van der Waals surface area contributed by atoms with Crippen LogP contribution in [0, 0.1) is 23.3 Å². The Labute approximate surface area is 465 Å². The zero-order valence-corrected chi connectivity index (χ0v) is 44.2. The molecule has 0 unspecified atom stereocenters. The van der Waals surface area contributed by atoms with Crippen molar-refractivity contribution in [1.82, 2.24) is 44.8 Å². The number of halogens is 4. The Balaban J connectivity index is 0.000000173. The average Bonchev–Trinajstić information content (AvgIpc) is 3.52. The van der Waals surface area contributed by atoms with Crippen LogP contribution in [-0.4, -0.2) is 76.3 Å². The van der Waals surface area contributed by atoms with Gasteiger partial charge in [-0.15, -0.1) is 13.2 Å². The molecule has 406 valence electrons. The predicted octanol–water partition coefficient (Wildman–Crippen LogP) is 12.7. The number of amides is 1. The number of carbonyl (C=O) groups is 3. The first kappa shape index (κ1) is 59.5. The number of nitrogens with two attached hydrogens (primary N) is 1. The number of nitrogen functional groups attached to an aromatic ring is 1. The first-order chi connectivity index (χ1) is 39.2. The fourth-order valence-electron chi connectivity index (χ4n) is 7.37. The number of Topliss-reactive ketones (excluding diaryl/α,β-unsaturated/α-hetero) is 2. The Morgan fingerprint density at radius 3 is 1.35 bits per heavy atom. The molecule has 10 aromatic rings. The standard InChI is InChI=1S/C17H13FN4O.C16H15FN2O.C15H11FN4.C13H10FNO.C2H4/c1-11(23)21-17-20-10-15(12-6-8-19-9-7-12)16(22-17)13-2-4-14(18)5-3-13;1-19(2)11-15(12-7-9-18-10-8-12)16(20)13-3-5-14(17)6-4-13;16-12-3-1-11(2-4-12)14-13(9-19-15(17)20-14)10-5-7-18-8-6-10;14-12-3-1-11(2-4-12)13(16)9-10-5-7-15-8-6-10;1-2/h2-10H,1H3,(H,20,21,22,23);3-11H,1-2H3;1-9H,(H2,17,19,20);1-8H,9H2;1-2H2/b;15-11+;;;. The number of nitrogens with one attached hydrogen (secondary N) is 1. The lowest BCUT2D eigenvalue weighted by Gasteiger charge is -2.11. The summed E-state index contributed by atoms with van der Waals surface area (Å²) in [5.74, 6) is -1.35. The van der Waals surface area contributed by atoms with Gasteiger partial charge in [-0.3, -0.25) is 39.6 Å². The normalized spacial score (nSPS) is 10.3. The van der Waals surface area contributed by atoms with E-state index in [2.05, 4.69) is 58.3 Å². The van der Waals surface area contributed by atoms with Crippen molar-refractivity contribution in [2.75, 3.05) is 25.1 Å². The third-order valence-corrected chi connectivity index (χ3v) is 11.1. The average molecular weight is 1090 g/mol. The van der Waals surface area contributed by atoms with Crippen LogP contribution in [0.15, 0.2) is 227 Å². The zero-order valence-electron chi connectivity index (χ0n) is 44.2. The van der Waals surface area contributed by atoms with Crippen molar-refractivity contribution in [2.45, 2.75) is 13.3 Å². The van der Waals surface area contributed by atoms with Gasteiger partial charge in [-0.25, -0.2) is 37.5 Å². The molecule has 0 radical (unpaired) electrons. The summed E-state index contributed by atoms with van der Waals surface area (Å²) in [7, 11) is 3.69. The van der Waals surface area contributed by atoms with Crippen molar-refractivity contribution in [1.29, 1.82) is 0 Å². The third kappa shape index (κ3) is 18.2. The maximum absolute atomic E-state index is 13.2. The number of aromatic nitrogens is 8. The summed E-state index contributed by atoms with van der Waals surface area (Å²) in [5.41, 5.74) is 15.1. The van der Waals surface area contributed by atoms with E-state index >= 15 is 0 Å². The van der Waals surface area contributed by atoms with Crippen LogP contribution in [0.2, 0.25) is 0 Å². The predicted molar refractivity (Wildman–Crippen MR) is 307 cm³/mol. The van der Waals surface area contributed by atoms with Crippen molar-refractivity contribution in [3.05, 3.63) is 272 Å². The van der Waals surface area contributed by atoms with Crippen LogP contribution in [-0.2, 0) is 11.2 Å². The number of allylic oxidation sites excluding steroid dienone is 1. The SMILES string of the molecule is C=C.CC(=O)Nc1ncc(-c2ccncc2)c(-c2ccc(F)cc2)n1.CN(C)/C=C(/C(=O)c1ccc(F)cc1)c1ccncc1.Nc1ncc(-c2ccncc2)c(-c2ccc(F)cc2)n1.O=C(Cc1ccncc1)c1ccc(F)cc1. The second-order valence-corrected chi connectivity index (χ2v) is 17.2. The minimum absolute atomic E-state index is 0.0220. The molecule has 6 heterocycles. The van der Waals surface area contributed by atoms with Crippen molar-refractivity contribution < 1.29 is 31.9 Å².